The molecule has 0 aliphatic heterocycles. The SMILES string of the molecule is CCOc1ccc(N=Nc2ccc(OCCOc3cscc3C)cc2)cc1. The summed E-state index contributed by atoms with van der Waals surface area (Å²) in [6.07, 6.45) is 0. The zero-order valence-electron chi connectivity index (χ0n) is 15.4. The number of aryl methyl sites for hydroxylation is 1. The van der Waals surface area contributed by atoms with Crippen LogP contribution < -0.4 is 14.2 Å². The minimum absolute atomic E-state index is 0.488. The molecule has 5 nitrogen and oxygen atoms in total. The van der Waals surface area contributed by atoms with Crippen LogP contribution in [0.1, 0.15) is 12.5 Å². The van der Waals surface area contributed by atoms with E-state index in [2.05, 4.69) is 15.6 Å². The predicted molar refractivity (Wildman–Crippen MR) is 108 cm³/mol. The van der Waals surface area contributed by atoms with Gasteiger partial charge in [0.1, 0.15) is 30.5 Å². The van der Waals surface area contributed by atoms with Crippen molar-refractivity contribution in [1.29, 1.82) is 0 Å². The summed E-state index contributed by atoms with van der Waals surface area (Å²) in [7, 11) is 0. The Kier molecular flexibility index (Phi) is 6.82. The highest BCUT2D eigenvalue weighted by atomic mass is 32.1. The number of azo groups is 1. The second-order valence-electron chi connectivity index (χ2n) is 5.74. The molecule has 6 heteroatoms. The van der Waals surface area contributed by atoms with Crippen molar-refractivity contribution < 1.29 is 14.2 Å². The van der Waals surface area contributed by atoms with Gasteiger partial charge in [-0.2, -0.15) is 10.2 Å². The van der Waals surface area contributed by atoms with Crippen LogP contribution in [0, 0.1) is 6.92 Å². The molecule has 0 N–H and O–H groups in total. The van der Waals surface area contributed by atoms with E-state index in [4.69, 9.17) is 14.2 Å². The first kappa shape index (κ1) is 18.9. The first-order valence-electron chi connectivity index (χ1n) is 8.77. The van der Waals surface area contributed by atoms with Crippen molar-refractivity contribution in [1.82, 2.24) is 0 Å². The molecule has 1 heterocycles. The van der Waals surface area contributed by atoms with Crippen LogP contribution in [0.2, 0.25) is 0 Å². The summed E-state index contributed by atoms with van der Waals surface area (Å²) in [5, 5.41) is 12.5. The van der Waals surface area contributed by atoms with Crippen LogP contribution in [0.3, 0.4) is 0 Å². The van der Waals surface area contributed by atoms with Gasteiger partial charge in [-0.15, -0.1) is 11.3 Å². The van der Waals surface area contributed by atoms with Crippen LogP contribution >= 0.6 is 11.3 Å². The van der Waals surface area contributed by atoms with E-state index in [1.165, 1.54) is 0 Å². The zero-order chi connectivity index (χ0) is 18.9. The summed E-state index contributed by atoms with van der Waals surface area (Å²) >= 11 is 1.64. The van der Waals surface area contributed by atoms with E-state index in [1.807, 2.05) is 67.8 Å². The largest absolute Gasteiger partial charge is 0.494 e. The number of thiophene rings is 1. The summed E-state index contributed by atoms with van der Waals surface area (Å²) in [6.45, 7) is 5.64. The van der Waals surface area contributed by atoms with Gasteiger partial charge in [0.05, 0.1) is 18.0 Å². The number of benzene rings is 2. The summed E-state index contributed by atoms with van der Waals surface area (Å²) in [6, 6.07) is 15.0. The Hall–Kier alpha value is -2.86. The van der Waals surface area contributed by atoms with E-state index >= 15 is 0 Å². The first-order chi connectivity index (χ1) is 13.2. The Morgan fingerprint density at radius 3 is 1.81 bits per heavy atom. The van der Waals surface area contributed by atoms with E-state index < -0.39 is 0 Å². The average molecular weight is 382 g/mol. The van der Waals surface area contributed by atoms with Crippen molar-refractivity contribution >= 4 is 22.7 Å². The van der Waals surface area contributed by atoms with Crippen molar-refractivity contribution in [3.8, 4) is 17.2 Å². The molecular formula is C21H22N2O3S. The molecular weight excluding hydrogens is 360 g/mol. The van der Waals surface area contributed by atoms with Gasteiger partial charge in [0.2, 0.25) is 0 Å². The lowest BCUT2D eigenvalue weighted by atomic mass is 10.3. The van der Waals surface area contributed by atoms with Crippen LogP contribution in [0.4, 0.5) is 11.4 Å². The van der Waals surface area contributed by atoms with Crippen molar-refractivity contribution in [2.45, 2.75) is 13.8 Å². The summed E-state index contributed by atoms with van der Waals surface area (Å²) < 4.78 is 16.8. The molecule has 0 spiro atoms. The average Bonchev–Trinajstić information content (AvgIpc) is 3.11. The van der Waals surface area contributed by atoms with E-state index in [-0.39, 0.29) is 0 Å². The Morgan fingerprint density at radius 2 is 1.30 bits per heavy atom. The number of ether oxygens (including phenoxy) is 3. The van der Waals surface area contributed by atoms with Gasteiger partial charge in [-0.3, -0.25) is 0 Å². The molecule has 0 unspecified atom stereocenters. The molecule has 0 aliphatic rings. The molecule has 0 saturated carbocycles. The third-order valence-electron chi connectivity index (χ3n) is 3.68. The van der Waals surface area contributed by atoms with Crippen LogP contribution in [0.15, 0.2) is 69.5 Å². The molecule has 0 amide bonds. The molecule has 0 saturated heterocycles. The molecule has 0 aliphatic carbocycles. The molecule has 0 radical (unpaired) electrons. The normalized spacial score (nSPS) is 10.9. The standard InChI is InChI=1S/C21H22N2O3S/c1-3-24-19-8-4-17(5-9-19)22-23-18-6-10-20(11-7-18)25-12-13-26-21-15-27-14-16(21)2/h4-11,14-15H,3,12-13H2,1-2H3. The van der Waals surface area contributed by atoms with Gasteiger partial charge in [0, 0.05) is 10.9 Å². The first-order valence-corrected chi connectivity index (χ1v) is 9.72. The molecule has 0 fully saturated rings. The van der Waals surface area contributed by atoms with Crippen molar-refractivity contribution in [2.75, 3.05) is 19.8 Å². The Balaban J connectivity index is 1.46. The minimum Gasteiger partial charge on any atom is -0.494 e. The summed E-state index contributed by atoms with van der Waals surface area (Å²) in [5.74, 6) is 2.53. The smallest absolute Gasteiger partial charge is 0.133 e. The lowest BCUT2D eigenvalue weighted by Crippen LogP contribution is -2.08. The lowest BCUT2D eigenvalue weighted by molar-refractivity contribution is 0.217. The Labute approximate surface area is 163 Å². The van der Waals surface area contributed by atoms with Crippen LogP contribution in [-0.4, -0.2) is 19.8 Å². The van der Waals surface area contributed by atoms with Gasteiger partial charge in [0.25, 0.3) is 0 Å². The third-order valence-corrected chi connectivity index (χ3v) is 4.52. The van der Waals surface area contributed by atoms with Crippen LogP contribution in [-0.2, 0) is 0 Å². The fraction of sp³-hybridized carbons (Fsp3) is 0.238. The molecule has 0 atom stereocenters. The predicted octanol–water partition coefficient (Wildman–Crippen LogP) is 6.33. The van der Waals surface area contributed by atoms with Crippen LogP contribution in [0.25, 0.3) is 0 Å². The highest BCUT2D eigenvalue weighted by Gasteiger charge is 2.00. The Bertz CT molecular complexity index is 858. The van der Waals surface area contributed by atoms with Crippen molar-refractivity contribution in [2.24, 2.45) is 10.2 Å². The van der Waals surface area contributed by atoms with E-state index in [1.54, 1.807) is 11.3 Å². The quantitative estimate of drug-likeness (QED) is 0.321. The molecule has 140 valence electrons. The topological polar surface area (TPSA) is 52.4 Å². The Morgan fingerprint density at radius 1 is 0.741 bits per heavy atom. The second kappa shape index (κ2) is 9.73. The maximum atomic E-state index is 5.69. The fourth-order valence-corrected chi connectivity index (χ4v) is 3.07. The van der Waals surface area contributed by atoms with E-state index in [0.717, 1.165) is 34.2 Å². The second-order valence-corrected chi connectivity index (χ2v) is 6.48. The zero-order valence-corrected chi connectivity index (χ0v) is 16.2. The van der Waals surface area contributed by atoms with Crippen molar-refractivity contribution in [3.63, 3.8) is 0 Å². The maximum Gasteiger partial charge on any atom is 0.133 e. The minimum atomic E-state index is 0.488. The van der Waals surface area contributed by atoms with E-state index in [9.17, 15) is 0 Å². The number of hydrogen-bond acceptors (Lipinski definition) is 6. The van der Waals surface area contributed by atoms with Crippen LogP contribution in [0.5, 0.6) is 17.2 Å². The summed E-state index contributed by atoms with van der Waals surface area (Å²) in [5.41, 5.74) is 2.70. The number of hydrogen-bond donors (Lipinski definition) is 0. The molecule has 27 heavy (non-hydrogen) atoms. The third kappa shape index (κ3) is 5.82. The van der Waals surface area contributed by atoms with Gasteiger partial charge in [-0.1, -0.05) is 0 Å². The fourth-order valence-electron chi connectivity index (χ4n) is 2.31. The van der Waals surface area contributed by atoms with Gasteiger partial charge >= 0.3 is 0 Å². The monoisotopic (exact) mass is 382 g/mol. The molecule has 2 aromatic carbocycles. The number of rotatable bonds is 9. The van der Waals surface area contributed by atoms with Crippen molar-refractivity contribution in [3.05, 3.63) is 64.9 Å². The molecule has 3 rings (SSSR count). The molecule has 0 bridgehead atoms. The lowest BCUT2D eigenvalue weighted by Gasteiger charge is -2.08. The summed E-state index contributed by atoms with van der Waals surface area (Å²) in [4.78, 5) is 0. The molecule has 1 aromatic heterocycles. The maximum absolute atomic E-state index is 5.69. The highest BCUT2D eigenvalue weighted by molar-refractivity contribution is 7.08. The van der Waals surface area contributed by atoms with Gasteiger partial charge in [-0.25, -0.2) is 0 Å². The van der Waals surface area contributed by atoms with Gasteiger partial charge in [0.15, 0.2) is 0 Å². The molecule has 3 aromatic rings. The van der Waals surface area contributed by atoms with Gasteiger partial charge < -0.3 is 14.2 Å². The van der Waals surface area contributed by atoms with E-state index in [0.29, 0.717) is 19.8 Å². The highest BCUT2D eigenvalue weighted by Crippen LogP contribution is 2.24. The number of nitrogens with zero attached hydrogens (tertiary/aromatic N) is 2. The van der Waals surface area contributed by atoms with Gasteiger partial charge in [-0.05, 0) is 67.8 Å².